The molecule has 0 aliphatic rings. The van der Waals surface area contributed by atoms with Crippen molar-refractivity contribution < 1.29 is 9.18 Å². The number of fused-ring (bicyclic) bond motifs is 1. The second-order valence-corrected chi connectivity index (χ2v) is 4.02. The second kappa shape index (κ2) is 4.11. The highest BCUT2D eigenvalue weighted by Crippen LogP contribution is 2.15. The number of rotatable bonds is 2. The lowest BCUT2D eigenvalue weighted by Crippen LogP contribution is -2.08. The fourth-order valence-corrected chi connectivity index (χ4v) is 2.04. The highest BCUT2D eigenvalue weighted by molar-refractivity contribution is 6.08. The number of pyridine rings is 1. The molecule has 0 saturated carbocycles. The molecule has 0 N–H and O–H groups in total. The van der Waals surface area contributed by atoms with Crippen LogP contribution < -0.4 is 0 Å². The van der Waals surface area contributed by atoms with E-state index in [1.54, 1.807) is 34.9 Å². The molecule has 88 valence electrons. The smallest absolute Gasteiger partial charge is 0.212 e. The van der Waals surface area contributed by atoms with Crippen LogP contribution in [0.25, 0.3) is 5.52 Å². The maximum absolute atomic E-state index is 13.6. The molecule has 0 saturated heterocycles. The van der Waals surface area contributed by atoms with Gasteiger partial charge in [-0.3, -0.25) is 4.79 Å². The zero-order valence-corrected chi connectivity index (χ0v) is 9.51. The van der Waals surface area contributed by atoms with E-state index >= 15 is 0 Å². The van der Waals surface area contributed by atoms with E-state index in [1.165, 1.54) is 12.1 Å². The highest BCUT2D eigenvalue weighted by atomic mass is 19.1. The Hall–Kier alpha value is -2.42. The number of aromatic nitrogens is 1. The summed E-state index contributed by atoms with van der Waals surface area (Å²) in [6, 6.07) is 15.2. The number of nitrogens with zero attached hydrogens (tertiary/aromatic N) is 1. The molecular weight excluding hydrogens is 229 g/mol. The average molecular weight is 239 g/mol. The molecule has 3 aromatic rings. The molecule has 18 heavy (non-hydrogen) atoms. The van der Waals surface area contributed by atoms with Crippen molar-refractivity contribution in [3.63, 3.8) is 0 Å². The van der Waals surface area contributed by atoms with Crippen LogP contribution >= 0.6 is 0 Å². The van der Waals surface area contributed by atoms with Crippen molar-refractivity contribution in [3.05, 3.63) is 77.9 Å². The summed E-state index contributed by atoms with van der Waals surface area (Å²) in [4.78, 5) is 12.3. The third-order valence-corrected chi connectivity index (χ3v) is 2.91. The molecule has 0 radical (unpaired) electrons. The zero-order valence-electron chi connectivity index (χ0n) is 9.51. The second-order valence-electron chi connectivity index (χ2n) is 4.02. The van der Waals surface area contributed by atoms with Crippen molar-refractivity contribution in [2.24, 2.45) is 0 Å². The van der Waals surface area contributed by atoms with E-state index in [1.807, 2.05) is 18.2 Å². The van der Waals surface area contributed by atoms with Gasteiger partial charge in [0.2, 0.25) is 5.78 Å². The van der Waals surface area contributed by atoms with Crippen molar-refractivity contribution in [1.29, 1.82) is 0 Å². The van der Waals surface area contributed by atoms with E-state index in [-0.39, 0.29) is 11.3 Å². The summed E-state index contributed by atoms with van der Waals surface area (Å²) < 4.78 is 15.4. The van der Waals surface area contributed by atoms with Crippen molar-refractivity contribution in [2.75, 3.05) is 0 Å². The Morgan fingerprint density at radius 1 is 0.944 bits per heavy atom. The van der Waals surface area contributed by atoms with Gasteiger partial charge in [0.05, 0.1) is 11.3 Å². The average Bonchev–Trinajstić information content (AvgIpc) is 2.86. The molecule has 1 aromatic carbocycles. The van der Waals surface area contributed by atoms with E-state index in [4.69, 9.17) is 0 Å². The van der Waals surface area contributed by atoms with Gasteiger partial charge in [0, 0.05) is 11.7 Å². The summed E-state index contributed by atoms with van der Waals surface area (Å²) in [6.07, 6.45) is 1.80. The summed E-state index contributed by atoms with van der Waals surface area (Å²) in [5.74, 6) is -0.804. The number of ketones is 1. The van der Waals surface area contributed by atoms with Gasteiger partial charge in [-0.2, -0.15) is 0 Å². The summed E-state index contributed by atoms with van der Waals surface area (Å²) in [5.41, 5.74) is 1.47. The molecular formula is C15H10FNO. The van der Waals surface area contributed by atoms with Crippen LogP contribution in [-0.4, -0.2) is 10.2 Å². The maximum atomic E-state index is 13.6. The Labute approximate surface area is 103 Å². The molecule has 3 rings (SSSR count). The SMILES string of the molecule is O=C(c1ccccc1F)c1cccc2cccn12. The lowest BCUT2D eigenvalue weighted by atomic mass is 10.1. The molecule has 2 nitrogen and oxygen atoms in total. The monoisotopic (exact) mass is 239 g/mol. The quantitative estimate of drug-likeness (QED) is 0.629. The van der Waals surface area contributed by atoms with E-state index in [0.717, 1.165) is 5.52 Å². The van der Waals surface area contributed by atoms with E-state index in [9.17, 15) is 9.18 Å². The Morgan fingerprint density at radius 2 is 1.72 bits per heavy atom. The maximum Gasteiger partial charge on any atom is 0.212 e. The first-order chi connectivity index (χ1) is 8.77. The predicted octanol–water partition coefficient (Wildman–Crippen LogP) is 3.31. The van der Waals surface area contributed by atoms with Gasteiger partial charge in [-0.15, -0.1) is 0 Å². The van der Waals surface area contributed by atoms with Crippen molar-refractivity contribution in [1.82, 2.24) is 4.40 Å². The first kappa shape index (κ1) is 10.7. The summed E-state index contributed by atoms with van der Waals surface area (Å²) in [5, 5.41) is 0. The summed E-state index contributed by atoms with van der Waals surface area (Å²) in [6.45, 7) is 0. The zero-order chi connectivity index (χ0) is 12.5. The Balaban J connectivity index is 2.18. The Kier molecular flexibility index (Phi) is 2.45. The van der Waals surface area contributed by atoms with Crippen LogP contribution in [0.5, 0.6) is 0 Å². The minimum atomic E-state index is -0.494. The van der Waals surface area contributed by atoms with Crippen LogP contribution in [0.3, 0.4) is 0 Å². The molecule has 2 heterocycles. The van der Waals surface area contributed by atoms with Crippen LogP contribution in [0.1, 0.15) is 16.1 Å². The fraction of sp³-hybridized carbons (Fsp3) is 0. The number of hydrogen-bond donors (Lipinski definition) is 0. The largest absolute Gasteiger partial charge is 0.314 e. The normalized spacial score (nSPS) is 10.7. The van der Waals surface area contributed by atoms with Crippen LogP contribution in [0.2, 0.25) is 0 Å². The number of carbonyl (C=O) groups excluding carboxylic acids is 1. The van der Waals surface area contributed by atoms with E-state index in [2.05, 4.69) is 0 Å². The van der Waals surface area contributed by atoms with Crippen molar-refractivity contribution in [2.45, 2.75) is 0 Å². The molecule has 0 amide bonds. The minimum absolute atomic E-state index is 0.0960. The van der Waals surface area contributed by atoms with Gasteiger partial charge < -0.3 is 4.40 Å². The van der Waals surface area contributed by atoms with Crippen LogP contribution in [-0.2, 0) is 0 Å². The molecule has 0 aliphatic heterocycles. The molecule has 0 aliphatic carbocycles. The number of halogens is 1. The molecule has 0 atom stereocenters. The van der Waals surface area contributed by atoms with E-state index in [0.29, 0.717) is 5.69 Å². The van der Waals surface area contributed by atoms with Crippen molar-refractivity contribution >= 4 is 11.3 Å². The molecule has 0 spiro atoms. The van der Waals surface area contributed by atoms with Gasteiger partial charge in [0.1, 0.15) is 5.82 Å². The fourth-order valence-electron chi connectivity index (χ4n) is 2.04. The molecule has 0 unspecified atom stereocenters. The summed E-state index contributed by atoms with van der Waals surface area (Å²) in [7, 11) is 0. The van der Waals surface area contributed by atoms with Gasteiger partial charge in [0.25, 0.3) is 0 Å². The first-order valence-corrected chi connectivity index (χ1v) is 5.63. The van der Waals surface area contributed by atoms with Crippen molar-refractivity contribution in [3.8, 4) is 0 Å². The molecule has 2 aromatic heterocycles. The number of carbonyl (C=O) groups is 1. The lowest BCUT2D eigenvalue weighted by Gasteiger charge is -2.06. The third kappa shape index (κ3) is 1.61. The Morgan fingerprint density at radius 3 is 2.56 bits per heavy atom. The molecule has 3 heteroatoms. The minimum Gasteiger partial charge on any atom is -0.314 e. The number of hydrogen-bond acceptors (Lipinski definition) is 1. The summed E-state index contributed by atoms with van der Waals surface area (Å²) >= 11 is 0. The third-order valence-electron chi connectivity index (χ3n) is 2.91. The lowest BCUT2D eigenvalue weighted by molar-refractivity contribution is 0.102. The molecule has 0 bridgehead atoms. The van der Waals surface area contributed by atoms with Crippen LogP contribution in [0, 0.1) is 5.82 Å². The topological polar surface area (TPSA) is 21.5 Å². The highest BCUT2D eigenvalue weighted by Gasteiger charge is 2.15. The van der Waals surface area contributed by atoms with Gasteiger partial charge in [-0.1, -0.05) is 18.2 Å². The van der Waals surface area contributed by atoms with Gasteiger partial charge in [-0.25, -0.2) is 4.39 Å². The standard InChI is InChI=1S/C15H10FNO/c16-13-8-2-1-7-12(13)15(18)14-9-3-5-11-6-4-10-17(11)14/h1-10H. The van der Waals surface area contributed by atoms with E-state index < -0.39 is 5.82 Å². The van der Waals surface area contributed by atoms with Gasteiger partial charge in [-0.05, 0) is 36.4 Å². The Bertz CT molecular complexity index is 730. The molecule has 0 fully saturated rings. The number of benzene rings is 1. The van der Waals surface area contributed by atoms with Crippen LogP contribution in [0.15, 0.2) is 60.8 Å². The van der Waals surface area contributed by atoms with Gasteiger partial charge >= 0.3 is 0 Å². The van der Waals surface area contributed by atoms with Gasteiger partial charge in [0.15, 0.2) is 0 Å². The van der Waals surface area contributed by atoms with Crippen LogP contribution in [0.4, 0.5) is 4.39 Å². The first-order valence-electron chi connectivity index (χ1n) is 5.63. The predicted molar refractivity (Wildman–Crippen MR) is 67.2 cm³/mol.